The highest BCUT2D eigenvalue weighted by Crippen LogP contribution is 2.26. The van der Waals surface area contributed by atoms with Gasteiger partial charge in [-0.25, -0.2) is 0 Å². The zero-order valence-corrected chi connectivity index (χ0v) is 15.6. The fourth-order valence-corrected chi connectivity index (χ4v) is 3.31. The van der Waals surface area contributed by atoms with Gasteiger partial charge in [-0.1, -0.05) is 54.6 Å². The summed E-state index contributed by atoms with van der Waals surface area (Å²) in [6.07, 6.45) is -0.125. The number of carbonyl (C=O) groups is 2. The minimum Gasteiger partial charge on any atom is -0.378 e. The second kappa shape index (κ2) is 9.06. The molecule has 0 unspecified atom stereocenters. The van der Waals surface area contributed by atoms with Crippen LogP contribution in [0.15, 0.2) is 54.6 Å². The van der Waals surface area contributed by atoms with Crippen LogP contribution < -0.4 is 0 Å². The first-order chi connectivity index (χ1) is 13.5. The first-order valence-corrected chi connectivity index (χ1v) is 9.41. The van der Waals surface area contributed by atoms with Crippen LogP contribution in [0.1, 0.15) is 34.3 Å². The van der Waals surface area contributed by atoms with Crippen LogP contribution >= 0.6 is 0 Å². The second-order valence-corrected chi connectivity index (χ2v) is 6.81. The van der Waals surface area contributed by atoms with Gasteiger partial charge in [0.05, 0.1) is 13.2 Å². The van der Waals surface area contributed by atoms with Gasteiger partial charge in [-0.3, -0.25) is 9.59 Å². The Hall–Kier alpha value is -2.60. The molecule has 6 heteroatoms. The zero-order chi connectivity index (χ0) is 20.0. The van der Waals surface area contributed by atoms with E-state index in [0.29, 0.717) is 23.1 Å². The van der Waals surface area contributed by atoms with E-state index in [0.717, 1.165) is 4.90 Å². The molecule has 1 aliphatic rings. The summed E-state index contributed by atoms with van der Waals surface area (Å²) in [7, 11) is 0. The molecule has 0 N–H and O–H groups in total. The lowest BCUT2D eigenvalue weighted by Crippen LogP contribution is -2.48. The van der Waals surface area contributed by atoms with Crippen LogP contribution in [0, 0.1) is 0 Å². The molecule has 1 aliphatic heterocycles. The summed E-state index contributed by atoms with van der Waals surface area (Å²) in [5, 5.41) is 0. The van der Waals surface area contributed by atoms with E-state index in [1.165, 1.54) is 0 Å². The molecule has 2 aromatic rings. The molecule has 1 amide bonds. The lowest BCUT2D eigenvalue weighted by molar-refractivity contribution is -0.162. The topological polar surface area (TPSA) is 46.6 Å². The Balaban J connectivity index is 1.63. The van der Waals surface area contributed by atoms with Crippen molar-refractivity contribution in [3.05, 3.63) is 71.3 Å². The molecule has 3 rings (SSSR count). The zero-order valence-electron chi connectivity index (χ0n) is 15.6. The summed E-state index contributed by atoms with van der Waals surface area (Å²) in [5.74, 6) is -4.67. The Kier molecular flexibility index (Phi) is 6.52. The van der Waals surface area contributed by atoms with Crippen LogP contribution in [0.2, 0.25) is 0 Å². The molecule has 4 nitrogen and oxygen atoms in total. The molecular weight excluding hydrogens is 364 g/mol. The number of carbonyl (C=O) groups excluding carboxylic acids is 2. The van der Waals surface area contributed by atoms with Crippen LogP contribution in [0.3, 0.4) is 0 Å². The number of ketones is 1. The number of hydrogen-bond acceptors (Lipinski definition) is 3. The number of alkyl halides is 2. The molecule has 0 saturated carbocycles. The standard InChI is InChI=1S/C22H23F2NO3/c23-22(24,21(27)25-13-15-28-16-14-25)12-6-10-17-7-4-5-11-19(17)20(26)18-8-2-1-3-9-18/h1-5,7-9,11H,6,10,12-16H2. The summed E-state index contributed by atoms with van der Waals surface area (Å²) in [5.41, 5.74) is 1.78. The fourth-order valence-electron chi connectivity index (χ4n) is 3.31. The molecule has 148 valence electrons. The third kappa shape index (κ3) is 4.81. The minimum absolute atomic E-state index is 0.113. The largest absolute Gasteiger partial charge is 0.378 e. The number of rotatable bonds is 7. The molecule has 0 aromatic heterocycles. The average Bonchev–Trinajstić information content (AvgIpc) is 2.74. The maximum Gasteiger partial charge on any atom is 0.324 e. The smallest absolute Gasteiger partial charge is 0.324 e. The van der Waals surface area contributed by atoms with Gasteiger partial charge in [-0.2, -0.15) is 8.78 Å². The normalized spacial score (nSPS) is 14.7. The molecule has 1 saturated heterocycles. The van der Waals surface area contributed by atoms with Crippen molar-refractivity contribution in [1.82, 2.24) is 4.90 Å². The number of amides is 1. The highest BCUT2D eigenvalue weighted by Gasteiger charge is 2.41. The van der Waals surface area contributed by atoms with Crippen molar-refractivity contribution in [2.24, 2.45) is 0 Å². The van der Waals surface area contributed by atoms with E-state index in [1.54, 1.807) is 48.5 Å². The molecule has 0 radical (unpaired) electrons. The number of nitrogens with zero attached hydrogens (tertiary/aromatic N) is 1. The molecule has 1 fully saturated rings. The SMILES string of the molecule is O=C(c1ccccc1)c1ccccc1CCCC(F)(F)C(=O)N1CCOCC1. The van der Waals surface area contributed by atoms with Gasteiger partial charge in [-0.15, -0.1) is 0 Å². The van der Waals surface area contributed by atoms with Crippen LogP contribution in [-0.2, 0) is 16.0 Å². The molecule has 0 atom stereocenters. The fraction of sp³-hybridized carbons (Fsp3) is 0.364. The first kappa shape index (κ1) is 20.1. The third-order valence-electron chi connectivity index (χ3n) is 4.85. The molecule has 2 aromatic carbocycles. The van der Waals surface area contributed by atoms with Gasteiger partial charge in [0.2, 0.25) is 0 Å². The molecule has 0 aliphatic carbocycles. The van der Waals surface area contributed by atoms with E-state index in [9.17, 15) is 18.4 Å². The highest BCUT2D eigenvalue weighted by atomic mass is 19.3. The van der Waals surface area contributed by atoms with Crippen molar-refractivity contribution in [2.75, 3.05) is 26.3 Å². The van der Waals surface area contributed by atoms with Crippen molar-refractivity contribution < 1.29 is 23.1 Å². The number of ether oxygens (including phenoxy) is 1. The number of morpholine rings is 1. The molecule has 28 heavy (non-hydrogen) atoms. The molecule has 1 heterocycles. The van der Waals surface area contributed by atoms with E-state index in [1.807, 2.05) is 6.07 Å². The Morgan fingerprint density at radius 1 is 0.964 bits per heavy atom. The summed E-state index contributed by atoms with van der Waals surface area (Å²) in [6, 6.07) is 15.9. The van der Waals surface area contributed by atoms with Gasteiger partial charge >= 0.3 is 5.92 Å². The van der Waals surface area contributed by atoms with Crippen LogP contribution in [0.4, 0.5) is 8.78 Å². The van der Waals surface area contributed by atoms with E-state index in [-0.39, 0.29) is 38.5 Å². The summed E-state index contributed by atoms with van der Waals surface area (Å²) in [6.45, 7) is 0.971. The van der Waals surface area contributed by atoms with E-state index in [2.05, 4.69) is 0 Å². The van der Waals surface area contributed by atoms with Gasteiger partial charge < -0.3 is 9.64 Å². The minimum atomic E-state index is -3.41. The quantitative estimate of drug-likeness (QED) is 0.680. The van der Waals surface area contributed by atoms with Gasteiger partial charge in [0, 0.05) is 30.6 Å². The lowest BCUT2D eigenvalue weighted by atomic mass is 9.94. The monoisotopic (exact) mass is 387 g/mol. The van der Waals surface area contributed by atoms with Crippen molar-refractivity contribution in [3.8, 4) is 0 Å². The summed E-state index contributed by atoms with van der Waals surface area (Å²) in [4.78, 5) is 26.0. The van der Waals surface area contributed by atoms with Crippen molar-refractivity contribution in [2.45, 2.75) is 25.2 Å². The molecule has 0 bridgehead atoms. The van der Waals surface area contributed by atoms with E-state index < -0.39 is 18.3 Å². The van der Waals surface area contributed by atoms with E-state index in [4.69, 9.17) is 4.74 Å². The summed E-state index contributed by atoms with van der Waals surface area (Å²) < 4.78 is 33.8. The Morgan fingerprint density at radius 3 is 2.32 bits per heavy atom. The average molecular weight is 387 g/mol. The molecular formula is C22H23F2NO3. The maximum atomic E-state index is 14.3. The second-order valence-electron chi connectivity index (χ2n) is 6.81. The highest BCUT2D eigenvalue weighted by molar-refractivity contribution is 6.09. The third-order valence-corrected chi connectivity index (χ3v) is 4.85. The first-order valence-electron chi connectivity index (χ1n) is 9.41. The van der Waals surface area contributed by atoms with Gasteiger partial charge in [-0.05, 0) is 18.4 Å². The van der Waals surface area contributed by atoms with E-state index >= 15 is 0 Å². The number of benzene rings is 2. The summed E-state index contributed by atoms with van der Waals surface area (Å²) >= 11 is 0. The molecule has 0 spiro atoms. The Morgan fingerprint density at radius 2 is 1.61 bits per heavy atom. The maximum absolute atomic E-state index is 14.3. The van der Waals surface area contributed by atoms with Gasteiger partial charge in [0.15, 0.2) is 5.78 Å². The van der Waals surface area contributed by atoms with Gasteiger partial charge in [0.1, 0.15) is 0 Å². The van der Waals surface area contributed by atoms with Crippen molar-refractivity contribution >= 4 is 11.7 Å². The van der Waals surface area contributed by atoms with Crippen molar-refractivity contribution in [3.63, 3.8) is 0 Å². The number of aryl methyl sites for hydroxylation is 1. The lowest BCUT2D eigenvalue weighted by Gasteiger charge is -2.30. The Bertz CT molecular complexity index is 818. The van der Waals surface area contributed by atoms with Crippen LogP contribution in [0.25, 0.3) is 0 Å². The predicted octanol–water partition coefficient (Wildman–Crippen LogP) is 3.73. The van der Waals surface area contributed by atoms with Gasteiger partial charge in [0.25, 0.3) is 5.91 Å². The van der Waals surface area contributed by atoms with Crippen LogP contribution in [-0.4, -0.2) is 48.8 Å². The predicted molar refractivity (Wildman–Crippen MR) is 102 cm³/mol. The Labute approximate surface area is 163 Å². The van der Waals surface area contributed by atoms with Crippen molar-refractivity contribution in [1.29, 1.82) is 0 Å². The number of hydrogen-bond donors (Lipinski definition) is 0. The number of halogens is 2. The van der Waals surface area contributed by atoms with Crippen LogP contribution in [0.5, 0.6) is 0 Å².